The van der Waals surface area contributed by atoms with Crippen LogP contribution < -0.4 is 16.8 Å². The second-order valence-electron chi connectivity index (χ2n) is 7.69. The lowest BCUT2D eigenvalue weighted by Crippen LogP contribution is -2.60. The van der Waals surface area contributed by atoms with Crippen molar-refractivity contribution < 1.29 is 42.9 Å². The molecule has 12 nitrogen and oxygen atoms in total. The van der Waals surface area contributed by atoms with Gasteiger partial charge in [0.05, 0.1) is 16.2 Å². The summed E-state index contributed by atoms with van der Waals surface area (Å²) in [7, 11) is -3.07. The average Bonchev–Trinajstić information content (AvgIpc) is 2.75. The van der Waals surface area contributed by atoms with Gasteiger partial charge in [-0.3, -0.25) is 9.59 Å². The third-order valence-electron chi connectivity index (χ3n) is 4.92. The normalized spacial score (nSPS) is 23.4. The molecule has 0 spiro atoms. The van der Waals surface area contributed by atoms with Gasteiger partial charge in [0.15, 0.2) is 12.1 Å². The van der Waals surface area contributed by atoms with E-state index in [1.165, 1.54) is 0 Å². The topological polar surface area (TPSA) is 196 Å². The van der Waals surface area contributed by atoms with E-state index in [9.17, 15) is 24.6 Å². The van der Waals surface area contributed by atoms with Crippen molar-refractivity contribution in [2.75, 3.05) is 13.6 Å². The van der Waals surface area contributed by atoms with Crippen molar-refractivity contribution in [3.05, 3.63) is 11.8 Å². The molecule has 0 aromatic rings. The van der Waals surface area contributed by atoms with Gasteiger partial charge in [-0.25, -0.2) is 9.79 Å². The number of nitrogens with two attached hydrogens (primary N) is 2. The summed E-state index contributed by atoms with van der Waals surface area (Å²) in [4.78, 5) is 39.5. The number of carboxylic acids is 1. The average molecular weight is 476 g/mol. The number of aliphatic hydroxyl groups excluding tert-OH is 1. The van der Waals surface area contributed by atoms with Gasteiger partial charge in [0.25, 0.3) is 0 Å². The van der Waals surface area contributed by atoms with E-state index in [-0.39, 0.29) is 6.42 Å². The molecule has 0 aromatic carbocycles. The molecular formula is C21H36N4O8. The zero-order valence-electron chi connectivity index (χ0n) is 21.9. The SMILES string of the molecule is [2H]C([2H])([2H])O[C@@H]([C@@H]1OC(C(=O)O)=C[C@H](N=C(N)N)[C@H]1NC(C)=O)[C@H](O)COC(=O)CCCCCCC. The summed E-state index contributed by atoms with van der Waals surface area (Å²) >= 11 is 0. The van der Waals surface area contributed by atoms with Crippen molar-refractivity contribution in [3.8, 4) is 0 Å². The largest absolute Gasteiger partial charge is 0.478 e. The smallest absolute Gasteiger partial charge is 0.370 e. The van der Waals surface area contributed by atoms with Crippen LogP contribution in [-0.2, 0) is 28.6 Å². The number of amides is 1. The molecule has 0 radical (unpaired) electrons. The third kappa shape index (κ3) is 9.66. The lowest BCUT2D eigenvalue weighted by molar-refractivity contribution is -0.159. The highest BCUT2D eigenvalue weighted by Gasteiger charge is 2.45. The predicted molar refractivity (Wildman–Crippen MR) is 119 cm³/mol. The summed E-state index contributed by atoms with van der Waals surface area (Å²) in [5, 5.41) is 22.7. The number of carboxylic acid groups (broad SMARTS) is 1. The van der Waals surface area contributed by atoms with E-state index in [0.717, 1.165) is 38.7 Å². The minimum Gasteiger partial charge on any atom is -0.478 e. The molecule has 188 valence electrons. The highest BCUT2D eigenvalue weighted by atomic mass is 16.6. The fourth-order valence-electron chi connectivity index (χ4n) is 3.38. The van der Waals surface area contributed by atoms with Crippen LogP contribution in [0.4, 0.5) is 0 Å². The van der Waals surface area contributed by atoms with Crippen LogP contribution in [0.5, 0.6) is 0 Å². The van der Waals surface area contributed by atoms with E-state index in [4.69, 9.17) is 29.8 Å². The number of carbonyl (C=O) groups is 3. The lowest BCUT2D eigenvalue weighted by atomic mass is 9.92. The minimum atomic E-state index is -3.07. The molecule has 0 aromatic heterocycles. The number of aliphatic carboxylic acids is 1. The van der Waals surface area contributed by atoms with Gasteiger partial charge in [-0.05, 0) is 12.5 Å². The fourth-order valence-corrected chi connectivity index (χ4v) is 3.38. The number of esters is 1. The van der Waals surface area contributed by atoms with Gasteiger partial charge >= 0.3 is 11.9 Å². The molecule has 1 amide bonds. The molecule has 33 heavy (non-hydrogen) atoms. The van der Waals surface area contributed by atoms with Crippen LogP contribution in [0.2, 0.25) is 0 Å². The summed E-state index contributed by atoms with van der Waals surface area (Å²) in [6.45, 7) is 2.55. The number of methoxy groups -OCH3 is 1. The standard InChI is InChI=1S/C21H36N4O8/c1-4-5-6-7-8-9-16(28)32-11-14(27)18(31-3)19-17(24-12(2)26)13(25-21(22)23)10-15(33-19)20(29)30/h10,13-14,17-19,27H,4-9,11H2,1-3H3,(H,24,26)(H,29,30)(H4,22,23,25)/t13-,14+,17+,18+,19+/m0/s1/i3D3. The Balaban J connectivity index is 3.17. The summed E-state index contributed by atoms with van der Waals surface area (Å²) in [5.41, 5.74) is 10.9. The minimum absolute atomic E-state index is 0.105. The van der Waals surface area contributed by atoms with Gasteiger partial charge < -0.3 is 41.2 Å². The van der Waals surface area contributed by atoms with Crippen LogP contribution in [0.25, 0.3) is 0 Å². The molecule has 0 aliphatic carbocycles. The molecule has 5 atom stereocenters. The molecule has 1 rings (SSSR count). The van der Waals surface area contributed by atoms with Crippen LogP contribution >= 0.6 is 0 Å². The number of ether oxygens (including phenoxy) is 3. The van der Waals surface area contributed by atoms with Crippen molar-refractivity contribution >= 4 is 23.8 Å². The Hall–Kier alpha value is -2.86. The second kappa shape index (κ2) is 14.3. The van der Waals surface area contributed by atoms with Crippen LogP contribution in [0.1, 0.15) is 56.5 Å². The zero-order valence-corrected chi connectivity index (χ0v) is 18.9. The third-order valence-corrected chi connectivity index (χ3v) is 4.92. The fraction of sp³-hybridized carbons (Fsp3) is 0.714. The van der Waals surface area contributed by atoms with E-state index in [0.29, 0.717) is 6.42 Å². The number of nitrogens with one attached hydrogen (secondary N) is 1. The Morgan fingerprint density at radius 2 is 2.00 bits per heavy atom. The molecule has 0 bridgehead atoms. The first kappa shape index (κ1) is 23.3. The summed E-state index contributed by atoms with van der Waals surface area (Å²) in [6.07, 6.45) is 0.468. The van der Waals surface area contributed by atoms with Gasteiger partial charge in [-0.2, -0.15) is 0 Å². The highest BCUT2D eigenvalue weighted by Crippen LogP contribution is 2.26. The Morgan fingerprint density at radius 1 is 1.30 bits per heavy atom. The molecular weight excluding hydrogens is 436 g/mol. The Kier molecular flexibility index (Phi) is 10.1. The maximum atomic E-state index is 12.1. The van der Waals surface area contributed by atoms with Crippen LogP contribution in [0, 0.1) is 0 Å². The van der Waals surface area contributed by atoms with Gasteiger partial charge in [0.2, 0.25) is 11.7 Å². The highest BCUT2D eigenvalue weighted by molar-refractivity contribution is 5.85. The zero-order chi connectivity index (χ0) is 27.5. The molecule has 12 heteroatoms. The lowest BCUT2D eigenvalue weighted by Gasteiger charge is -2.40. The number of aliphatic hydroxyl groups is 1. The van der Waals surface area contributed by atoms with Gasteiger partial charge in [-0.1, -0.05) is 32.6 Å². The molecule has 7 N–H and O–H groups in total. The molecule has 0 saturated heterocycles. The number of carbonyl (C=O) groups excluding carboxylic acids is 2. The quantitative estimate of drug-likeness (QED) is 0.0969. The first-order valence-electron chi connectivity index (χ1n) is 12.2. The predicted octanol–water partition coefficient (Wildman–Crippen LogP) is -0.220. The van der Waals surface area contributed by atoms with Crippen molar-refractivity contribution in [3.63, 3.8) is 0 Å². The van der Waals surface area contributed by atoms with Crippen molar-refractivity contribution in [1.82, 2.24) is 5.32 Å². The summed E-state index contributed by atoms with van der Waals surface area (Å²) < 4.78 is 38.0. The molecule has 1 aliphatic rings. The van der Waals surface area contributed by atoms with Crippen molar-refractivity contribution in [2.45, 2.75) is 82.8 Å². The molecule has 0 unspecified atom stereocenters. The van der Waals surface area contributed by atoms with E-state index in [1.54, 1.807) is 0 Å². The van der Waals surface area contributed by atoms with Crippen LogP contribution in [-0.4, -0.2) is 78.1 Å². The van der Waals surface area contributed by atoms with Crippen LogP contribution in [0.15, 0.2) is 16.8 Å². The summed E-state index contributed by atoms with van der Waals surface area (Å²) in [5.74, 6) is -3.85. The molecule has 1 aliphatic heterocycles. The molecule has 1 heterocycles. The van der Waals surface area contributed by atoms with Gasteiger partial charge in [-0.15, -0.1) is 0 Å². The van der Waals surface area contributed by atoms with E-state index >= 15 is 0 Å². The van der Waals surface area contributed by atoms with E-state index in [2.05, 4.69) is 17.2 Å². The number of hydrogen-bond acceptors (Lipinski definition) is 8. The number of hydrogen-bond donors (Lipinski definition) is 5. The molecule has 0 fully saturated rings. The first-order chi connectivity index (χ1) is 16.7. The second-order valence-corrected chi connectivity index (χ2v) is 7.69. The van der Waals surface area contributed by atoms with E-state index < -0.39 is 73.6 Å². The number of rotatable bonds is 14. The summed E-state index contributed by atoms with van der Waals surface area (Å²) in [6, 6.07) is -2.45. The maximum Gasteiger partial charge on any atom is 0.370 e. The maximum absolute atomic E-state index is 12.1. The van der Waals surface area contributed by atoms with Crippen molar-refractivity contribution in [1.29, 1.82) is 0 Å². The number of aliphatic imine (C=N–C) groups is 1. The van der Waals surface area contributed by atoms with E-state index in [1.807, 2.05) is 0 Å². The number of unbranched alkanes of at least 4 members (excludes halogenated alkanes) is 4. The monoisotopic (exact) mass is 475 g/mol. The van der Waals surface area contributed by atoms with Gasteiger partial charge in [0.1, 0.15) is 18.8 Å². The van der Waals surface area contributed by atoms with Crippen molar-refractivity contribution in [2.24, 2.45) is 16.5 Å². The van der Waals surface area contributed by atoms with Gasteiger partial charge in [0, 0.05) is 20.4 Å². The Labute approximate surface area is 197 Å². The first-order valence-corrected chi connectivity index (χ1v) is 10.7. The number of guanidine groups is 1. The van der Waals surface area contributed by atoms with Crippen LogP contribution in [0.3, 0.4) is 0 Å². The molecule has 0 saturated carbocycles. The Bertz CT molecular complexity index is 817. The Morgan fingerprint density at radius 3 is 2.58 bits per heavy atom. The number of nitrogens with zero attached hydrogens (tertiary/aromatic N) is 1.